The van der Waals surface area contributed by atoms with Crippen molar-refractivity contribution >= 4 is 22.5 Å². The van der Waals surface area contributed by atoms with Gasteiger partial charge >= 0.3 is 0 Å². The molecule has 0 amide bonds. The fourth-order valence-corrected chi connectivity index (χ4v) is 2.51. The molecule has 106 valence electrons. The number of hydrogen-bond donors (Lipinski definition) is 2. The molecule has 0 saturated carbocycles. The highest BCUT2D eigenvalue weighted by Gasteiger charge is 2.28. The summed E-state index contributed by atoms with van der Waals surface area (Å²) in [6.45, 7) is 4.05. The highest BCUT2D eigenvalue weighted by Crippen LogP contribution is 2.18. The van der Waals surface area contributed by atoms with Gasteiger partial charge in [0.1, 0.15) is 5.82 Å². The lowest BCUT2D eigenvalue weighted by Gasteiger charge is -2.23. The first-order valence-electron chi connectivity index (χ1n) is 6.57. The summed E-state index contributed by atoms with van der Waals surface area (Å²) >= 11 is 5.94. The van der Waals surface area contributed by atoms with Crippen LogP contribution in [0.5, 0.6) is 0 Å². The first-order chi connectivity index (χ1) is 9.56. The molecule has 1 atom stereocenters. The van der Waals surface area contributed by atoms with Crippen LogP contribution in [0.25, 0.3) is 10.9 Å². The summed E-state index contributed by atoms with van der Waals surface area (Å²) < 4.78 is 5.39. The Morgan fingerprint density at radius 1 is 1.55 bits per heavy atom. The fourth-order valence-electron chi connectivity index (χ4n) is 2.35. The maximum Gasteiger partial charge on any atom is 0.258 e. The van der Waals surface area contributed by atoms with Crippen molar-refractivity contribution in [3.8, 4) is 0 Å². The van der Waals surface area contributed by atoms with E-state index in [1.165, 1.54) is 0 Å². The van der Waals surface area contributed by atoms with Crippen LogP contribution in [-0.2, 0) is 11.3 Å². The van der Waals surface area contributed by atoms with Crippen molar-refractivity contribution < 1.29 is 4.74 Å². The van der Waals surface area contributed by atoms with E-state index in [0.717, 1.165) is 13.0 Å². The van der Waals surface area contributed by atoms with Gasteiger partial charge in [-0.3, -0.25) is 4.79 Å². The first-order valence-corrected chi connectivity index (χ1v) is 6.95. The van der Waals surface area contributed by atoms with Gasteiger partial charge in [-0.1, -0.05) is 11.6 Å². The van der Waals surface area contributed by atoms with Gasteiger partial charge in [-0.25, -0.2) is 4.98 Å². The third kappa shape index (κ3) is 2.70. The Morgan fingerprint density at radius 3 is 3.15 bits per heavy atom. The Hall–Kier alpha value is -1.43. The molecule has 1 aliphatic rings. The quantitative estimate of drug-likeness (QED) is 0.906. The average Bonchev–Trinajstić information content (AvgIpc) is 2.83. The second kappa shape index (κ2) is 5.16. The van der Waals surface area contributed by atoms with Crippen LogP contribution in [0.2, 0.25) is 5.02 Å². The van der Waals surface area contributed by atoms with Gasteiger partial charge in [0.15, 0.2) is 0 Å². The molecule has 0 aliphatic carbocycles. The number of nitrogens with zero attached hydrogens (tertiary/aromatic N) is 1. The molecule has 1 unspecified atom stereocenters. The van der Waals surface area contributed by atoms with E-state index in [4.69, 9.17) is 16.3 Å². The molecule has 0 bridgehead atoms. The second-order valence-electron chi connectivity index (χ2n) is 5.39. The lowest BCUT2D eigenvalue weighted by molar-refractivity contribution is 0.171. The Morgan fingerprint density at radius 2 is 2.40 bits per heavy atom. The molecule has 1 saturated heterocycles. The fraction of sp³-hybridized carbons (Fsp3) is 0.429. The summed E-state index contributed by atoms with van der Waals surface area (Å²) in [5.74, 6) is 0.609. The number of nitrogens with one attached hydrogen (secondary N) is 2. The topological polar surface area (TPSA) is 67.0 Å². The molecular weight excluding hydrogens is 278 g/mol. The number of fused-ring (bicyclic) bond motifs is 1. The molecule has 0 spiro atoms. The molecule has 5 nitrogen and oxygen atoms in total. The van der Waals surface area contributed by atoms with Gasteiger partial charge in [0.2, 0.25) is 0 Å². The average molecular weight is 294 g/mol. The van der Waals surface area contributed by atoms with Crippen molar-refractivity contribution in [3.63, 3.8) is 0 Å². The molecule has 3 rings (SSSR count). The Balaban J connectivity index is 1.86. The number of H-pyrrole nitrogens is 1. The van der Waals surface area contributed by atoms with Crippen molar-refractivity contribution in [2.45, 2.75) is 25.4 Å². The predicted octanol–water partition coefficient (Wildman–Crippen LogP) is 1.85. The number of ether oxygens (including phenoxy) is 1. The Kier molecular flexibility index (Phi) is 3.50. The summed E-state index contributed by atoms with van der Waals surface area (Å²) in [5.41, 5.74) is 0.421. The van der Waals surface area contributed by atoms with Crippen LogP contribution in [0.3, 0.4) is 0 Å². The molecule has 1 aromatic carbocycles. The second-order valence-corrected chi connectivity index (χ2v) is 5.83. The minimum absolute atomic E-state index is 0.0537. The zero-order chi connectivity index (χ0) is 14.2. The normalized spacial score (nSPS) is 22.5. The SMILES string of the molecule is CC1(NCc2nc3cc(Cl)ccc3c(=O)[nH]2)CCOC1. The van der Waals surface area contributed by atoms with Crippen LogP contribution >= 0.6 is 11.6 Å². The summed E-state index contributed by atoms with van der Waals surface area (Å²) in [4.78, 5) is 19.2. The number of aromatic amines is 1. The van der Waals surface area contributed by atoms with Crippen molar-refractivity contribution in [1.29, 1.82) is 0 Å². The zero-order valence-corrected chi connectivity index (χ0v) is 12.0. The summed E-state index contributed by atoms with van der Waals surface area (Å²) in [6, 6.07) is 5.08. The van der Waals surface area contributed by atoms with Crippen LogP contribution in [-0.4, -0.2) is 28.7 Å². The molecular formula is C14H16ClN3O2. The molecule has 2 aromatic rings. The van der Waals surface area contributed by atoms with E-state index in [9.17, 15) is 4.79 Å². The van der Waals surface area contributed by atoms with Gasteiger partial charge in [0.25, 0.3) is 5.56 Å². The number of rotatable bonds is 3. The van der Waals surface area contributed by atoms with E-state index in [1.54, 1.807) is 18.2 Å². The largest absolute Gasteiger partial charge is 0.379 e. The maximum atomic E-state index is 12.0. The van der Waals surface area contributed by atoms with Gasteiger partial charge in [0, 0.05) is 17.2 Å². The molecule has 6 heteroatoms. The van der Waals surface area contributed by atoms with E-state index in [2.05, 4.69) is 22.2 Å². The molecule has 1 aliphatic heterocycles. The molecule has 1 fully saturated rings. The van der Waals surface area contributed by atoms with E-state index >= 15 is 0 Å². The van der Waals surface area contributed by atoms with Crippen molar-refractivity contribution in [2.75, 3.05) is 13.2 Å². The molecule has 1 aromatic heterocycles. The van der Waals surface area contributed by atoms with Gasteiger partial charge in [-0.05, 0) is 31.5 Å². The van der Waals surface area contributed by atoms with Crippen molar-refractivity contribution in [2.24, 2.45) is 0 Å². The smallest absolute Gasteiger partial charge is 0.258 e. The van der Waals surface area contributed by atoms with E-state index in [0.29, 0.717) is 34.9 Å². The lowest BCUT2D eigenvalue weighted by Crippen LogP contribution is -2.42. The highest BCUT2D eigenvalue weighted by atomic mass is 35.5. The number of aromatic nitrogens is 2. The van der Waals surface area contributed by atoms with E-state index in [-0.39, 0.29) is 11.1 Å². The first kappa shape index (κ1) is 13.5. The van der Waals surface area contributed by atoms with Crippen LogP contribution in [0.1, 0.15) is 19.2 Å². The summed E-state index contributed by atoms with van der Waals surface area (Å²) in [7, 11) is 0. The van der Waals surface area contributed by atoms with Crippen molar-refractivity contribution in [1.82, 2.24) is 15.3 Å². The molecule has 2 N–H and O–H groups in total. The summed E-state index contributed by atoms with van der Waals surface area (Å²) in [5, 5.41) is 4.51. The Labute approximate surface area is 121 Å². The number of hydrogen-bond acceptors (Lipinski definition) is 4. The van der Waals surface area contributed by atoms with Gasteiger partial charge in [0.05, 0.1) is 24.1 Å². The third-order valence-corrected chi connectivity index (χ3v) is 3.85. The lowest BCUT2D eigenvalue weighted by atomic mass is 10.0. The summed E-state index contributed by atoms with van der Waals surface area (Å²) in [6.07, 6.45) is 0.955. The minimum atomic E-state index is -0.142. The zero-order valence-electron chi connectivity index (χ0n) is 11.2. The van der Waals surface area contributed by atoms with Gasteiger partial charge in [-0.2, -0.15) is 0 Å². The molecule has 20 heavy (non-hydrogen) atoms. The predicted molar refractivity (Wildman–Crippen MR) is 78.1 cm³/mol. The highest BCUT2D eigenvalue weighted by molar-refractivity contribution is 6.31. The monoisotopic (exact) mass is 293 g/mol. The maximum absolute atomic E-state index is 12.0. The standard InChI is InChI=1S/C14H16ClN3O2/c1-14(4-5-20-8-14)16-7-12-17-11-6-9(15)2-3-10(11)13(19)18-12/h2-3,6,16H,4-5,7-8H2,1H3,(H,17,18,19). The number of benzene rings is 1. The van der Waals surface area contributed by atoms with Crippen LogP contribution in [0.15, 0.2) is 23.0 Å². The Bertz CT molecular complexity index is 692. The third-order valence-electron chi connectivity index (χ3n) is 3.62. The van der Waals surface area contributed by atoms with Crippen LogP contribution in [0, 0.1) is 0 Å². The van der Waals surface area contributed by atoms with Crippen molar-refractivity contribution in [3.05, 3.63) is 39.4 Å². The molecule has 2 heterocycles. The van der Waals surface area contributed by atoms with E-state index in [1.807, 2.05) is 0 Å². The number of halogens is 1. The molecule has 0 radical (unpaired) electrons. The van der Waals surface area contributed by atoms with Gasteiger partial charge < -0.3 is 15.0 Å². The van der Waals surface area contributed by atoms with E-state index < -0.39 is 0 Å². The van der Waals surface area contributed by atoms with Gasteiger partial charge in [-0.15, -0.1) is 0 Å². The van der Waals surface area contributed by atoms with Crippen LogP contribution in [0.4, 0.5) is 0 Å². The van der Waals surface area contributed by atoms with Crippen LogP contribution < -0.4 is 10.9 Å². The minimum Gasteiger partial charge on any atom is -0.379 e.